The Balaban J connectivity index is 2.23. The van der Waals surface area contributed by atoms with Gasteiger partial charge in [-0.3, -0.25) is 4.79 Å². The van der Waals surface area contributed by atoms with Crippen molar-refractivity contribution < 1.29 is 17.8 Å². The van der Waals surface area contributed by atoms with Gasteiger partial charge >= 0.3 is 0 Å². The van der Waals surface area contributed by atoms with Crippen molar-refractivity contribution in [1.82, 2.24) is 0 Å². The third kappa shape index (κ3) is 4.17. The standard InChI is InChI=1S/C15H16INO4S/c16-10-11(18)4-3-9-17-14-7-1-6-13-12(14)5-2-8-15(13)22(19,20)21/h1-2,5-8,17H,3-4,9-10H2,(H,19,20,21)/p-1. The molecule has 0 amide bonds. The van der Waals surface area contributed by atoms with Crippen LogP contribution in [0.15, 0.2) is 41.3 Å². The van der Waals surface area contributed by atoms with E-state index in [4.69, 9.17) is 0 Å². The van der Waals surface area contributed by atoms with E-state index in [9.17, 15) is 17.8 Å². The predicted octanol–water partition coefficient (Wildman–Crippen LogP) is 2.94. The van der Waals surface area contributed by atoms with Crippen molar-refractivity contribution in [2.24, 2.45) is 0 Å². The van der Waals surface area contributed by atoms with Crippen molar-refractivity contribution in [3.63, 3.8) is 0 Å². The van der Waals surface area contributed by atoms with Crippen LogP contribution in [-0.2, 0) is 14.9 Å². The fourth-order valence-electron chi connectivity index (χ4n) is 2.23. The minimum Gasteiger partial charge on any atom is -0.744 e. The summed E-state index contributed by atoms with van der Waals surface area (Å²) in [5.74, 6) is 0.208. The average Bonchev–Trinajstić information content (AvgIpc) is 2.49. The lowest BCUT2D eigenvalue weighted by Crippen LogP contribution is -2.06. The molecule has 1 N–H and O–H groups in total. The smallest absolute Gasteiger partial charge is 0.142 e. The lowest BCUT2D eigenvalue weighted by atomic mass is 10.1. The van der Waals surface area contributed by atoms with E-state index in [2.05, 4.69) is 5.32 Å². The summed E-state index contributed by atoms with van der Waals surface area (Å²) >= 11 is 2.04. The Bertz CT molecular complexity index is 789. The molecule has 0 saturated carbocycles. The van der Waals surface area contributed by atoms with Gasteiger partial charge < -0.3 is 9.87 Å². The molecule has 0 fully saturated rings. The number of anilines is 1. The van der Waals surface area contributed by atoms with Crippen molar-refractivity contribution >= 4 is 55.0 Å². The Morgan fingerprint density at radius 2 is 1.82 bits per heavy atom. The molecule has 5 nitrogen and oxygen atoms in total. The van der Waals surface area contributed by atoms with Gasteiger partial charge in [-0.1, -0.05) is 46.9 Å². The minimum absolute atomic E-state index is 0.208. The Labute approximate surface area is 143 Å². The van der Waals surface area contributed by atoms with Gasteiger partial charge in [-0.05, 0) is 18.6 Å². The molecule has 0 saturated heterocycles. The number of ketones is 1. The number of nitrogens with one attached hydrogen (secondary N) is 1. The second-order valence-electron chi connectivity index (χ2n) is 4.81. The molecule has 0 radical (unpaired) electrons. The zero-order valence-electron chi connectivity index (χ0n) is 11.7. The molecule has 0 aromatic heterocycles. The van der Waals surface area contributed by atoms with Crippen molar-refractivity contribution in [3.05, 3.63) is 36.4 Å². The normalized spacial score (nSPS) is 11.5. The van der Waals surface area contributed by atoms with Crippen LogP contribution in [0.3, 0.4) is 0 Å². The van der Waals surface area contributed by atoms with Crippen molar-refractivity contribution in [3.8, 4) is 0 Å². The van der Waals surface area contributed by atoms with Crippen LogP contribution in [0.4, 0.5) is 5.69 Å². The molecule has 2 aromatic rings. The van der Waals surface area contributed by atoms with Crippen LogP contribution in [0.1, 0.15) is 12.8 Å². The first kappa shape index (κ1) is 17.2. The highest BCUT2D eigenvalue weighted by molar-refractivity contribution is 14.1. The maximum atomic E-state index is 11.3. The third-order valence-electron chi connectivity index (χ3n) is 3.25. The average molecular weight is 432 g/mol. The highest BCUT2D eigenvalue weighted by atomic mass is 127. The molecule has 7 heteroatoms. The van der Waals surface area contributed by atoms with E-state index in [0.29, 0.717) is 34.6 Å². The van der Waals surface area contributed by atoms with Gasteiger partial charge in [-0.25, -0.2) is 8.42 Å². The highest BCUT2D eigenvalue weighted by Gasteiger charge is 2.09. The first-order valence-electron chi connectivity index (χ1n) is 6.72. The fourth-order valence-corrected chi connectivity index (χ4v) is 3.30. The van der Waals surface area contributed by atoms with Crippen LogP contribution >= 0.6 is 22.6 Å². The first-order chi connectivity index (χ1) is 10.4. The Morgan fingerprint density at radius 1 is 1.14 bits per heavy atom. The molecule has 2 rings (SSSR count). The van der Waals surface area contributed by atoms with Gasteiger partial charge in [0.15, 0.2) is 0 Å². The molecular formula is C15H15INO4S-. The molecule has 0 bridgehead atoms. The number of rotatable bonds is 7. The van der Waals surface area contributed by atoms with E-state index >= 15 is 0 Å². The topological polar surface area (TPSA) is 86.3 Å². The molecule has 0 aliphatic rings. The molecule has 0 heterocycles. The SMILES string of the molecule is O=C(CI)CCCNc1cccc2c(S(=O)(=O)[O-])cccc12. The molecule has 118 valence electrons. The lowest BCUT2D eigenvalue weighted by Gasteiger charge is -2.14. The molecule has 0 aliphatic carbocycles. The van der Waals surface area contributed by atoms with Gasteiger partial charge in [-0.2, -0.15) is 0 Å². The molecule has 22 heavy (non-hydrogen) atoms. The van der Waals surface area contributed by atoms with Gasteiger partial charge in [0.05, 0.1) is 9.32 Å². The van der Waals surface area contributed by atoms with Crippen LogP contribution in [-0.4, -0.2) is 29.7 Å². The number of hydrogen-bond donors (Lipinski definition) is 1. The number of fused-ring (bicyclic) bond motifs is 1. The molecule has 0 unspecified atom stereocenters. The van der Waals surface area contributed by atoms with E-state index in [-0.39, 0.29) is 10.7 Å². The van der Waals surface area contributed by atoms with Crippen molar-refractivity contribution in [1.29, 1.82) is 0 Å². The van der Waals surface area contributed by atoms with Gasteiger partial charge in [0.1, 0.15) is 15.9 Å². The van der Waals surface area contributed by atoms with E-state index in [1.54, 1.807) is 24.3 Å². The Kier molecular flexibility index (Phi) is 5.76. The van der Waals surface area contributed by atoms with E-state index < -0.39 is 10.1 Å². The van der Waals surface area contributed by atoms with Crippen LogP contribution in [0.25, 0.3) is 10.8 Å². The molecule has 0 spiro atoms. The largest absolute Gasteiger partial charge is 0.744 e. The summed E-state index contributed by atoms with van der Waals surface area (Å²) in [5, 5.41) is 4.28. The maximum absolute atomic E-state index is 11.3. The second-order valence-corrected chi connectivity index (χ2v) is 6.92. The maximum Gasteiger partial charge on any atom is 0.142 e. The Morgan fingerprint density at radius 3 is 2.50 bits per heavy atom. The first-order valence-corrected chi connectivity index (χ1v) is 9.66. The fraction of sp³-hybridized carbons (Fsp3) is 0.267. The predicted molar refractivity (Wildman–Crippen MR) is 93.5 cm³/mol. The summed E-state index contributed by atoms with van der Waals surface area (Å²) in [4.78, 5) is 11.0. The minimum atomic E-state index is -4.51. The molecular weight excluding hydrogens is 417 g/mol. The number of carbonyl (C=O) groups excluding carboxylic acids is 1. The number of hydrogen-bond acceptors (Lipinski definition) is 5. The van der Waals surface area contributed by atoms with Crippen LogP contribution in [0, 0.1) is 0 Å². The van der Waals surface area contributed by atoms with E-state index in [0.717, 1.165) is 5.69 Å². The molecule has 0 aliphatic heterocycles. The molecule has 2 aromatic carbocycles. The monoisotopic (exact) mass is 432 g/mol. The van der Waals surface area contributed by atoms with E-state index in [1.165, 1.54) is 6.07 Å². The molecule has 0 atom stereocenters. The van der Waals surface area contributed by atoms with Gasteiger partial charge in [-0.15, -0.1) is 0 Å². The van der Waals surface area contributed by atoms with Crippen LogP contribution < -0.4 is 5.32 Å². The van der Waals surface area contributed by atoms with Crippen molar-refractivity contribution in [2.45, 2.75) is 17.7 Å². The zero-order valence-corrected chi connectivity index (χ0v) is 14.7. The van der Waals surface area contributed by atoms with Crippen LogP contribution in [0.5, 0.6) is 0 Å². The van der Waals surface area contributed by atoms with Crippen LogP contribution in [0.2, 0.25) is 0 Å². The number of halogens is 1. The Hall–Kier alpha value is -1.19. The summed E-state index contributed by atoms with van der Waals surface area (Å²) in [6, 6.07) is 9.78. The number of benzene rings is 2. The summed E-state index contributed by atoms with van der Waals surface area (Å²) in [5.41, 5.74) is 0.755. The summed E-state index contributed by atoms with van der Waals surface area (Å²) < 4.78 is 34.4. The number of alkyl halides is 1. The summed E-state index contributed by atoms with van der Waals surface area (Å²) in [6.07, 6.45) is 1.22. The second kappa shape index (κ2) is 7.38. The van der Waals surface area contributed by atoms with Gasteiger partial charge in [0, 0.05) is 29.4 Å². The number of carbonyl (C=O) groups is 1. The summed E-state index contributed by atoms with van der Waals surface area (Å²) in [7, 11) is -4.51. The lowest BCUT2D eigenvalue weighted by molar-refractivity contribution is -0.116. The van der Waals surface area contributed by atoms with Gasteiger partial charge in [0.25, 0.3) is 0 Å². The zero-order chi connectivity index (χ0) is 16.2. The quantitative estimate of drug-likeness (QED) is 0.315. The third-order valence-corrected chi connectivity index (χ3v) is 4.99. The number of Topliss-reactive ketones (excluding diaryl/α,β-unsaturated/α-hetero) is 1. The van der Waals surface area contributed by atoms with E-state index in [1.807, 2.05) is 28.7 Å². The van der Waals surface area contributed by atoms with Gasteiger partial charge in [0.2, 0.25) is 0 Å². The summed E-state index contributed by atoms with van der Waals surface area (Å²) in [6.45, 7) is 0.607. The highest BCUT2D eigenvalue weighted by Crippen LogP contribution is 2.28. The van der Waals surface area contributed by atoms with Crippen molar-refractivity contribution in [2.75, 3.05) is 16.3 Å².